The van der Waals surface area contributed by atoms with Crippen molar-refractivity contribution < 1.29 is 0 Å². The van der Waals surface area contributed by atoms with Crippen molar-refractivity contribution in [3.63, 3.8) is 0 Å². The van der Waals surface area contributed by atoms with Crippen molar-refractivity contribution in [1.29, 1.82) is 0 Å². The third-order valence-corrected chi connectivity index (χ3v) is 4.95. The molecule has 2 fully saturated rings. The van der Waals surface area contributed by atoms with Gasteiger partial charge in [0.1, 0.15) is 0 Å². The molecule has 0 bridgehead atoms. The highest BCUT2D eigenvalue weighted by Crippen LogP contribution is 2.49. The molecule has 0 atom stereocenters. The maximum Gasteiger partial charge on any atom is 0.164 e. The Morgan fingerprint density at radius 1 is 1.24 bits per heavy atom. The second kappa shape index (κ2) is 4.34. The molecule has 96 valence electrons. The van der Waals surface area contributed by atoms with E-state index < -0.39 is 0 Å². The normalized spacial score (nSPS) is 27.2. The van der Waals surface area contributed by atoms with Gasteiger partial charge in [-0.15, -0.1) is 0 Å². The van der Waals surface area contributed by atoms with Gasteiger partial charge in [0, 0.05) is 12.0 Å². The van der Waals surface area contributed by atoms with Gasteiger partial charge in [0.05, 0.1) is 11.1 Å². The minimum atomic E-state index is -0.00291. The third-order valence-electron chi connectivity index (χ3n) is 3.77. The summed E-state index contributed by atoms with van der Waals surface area (Å²) in [5.74, 6) is 0. The molecule has 2 aliphatic rings. The lowest BCUT2D eigenvalue weighted by atomic mass is 9.80. The van der Waals surface area contributed by atoms with Crippen LogP contribution in [-0.2, 0) is 0 Å². The van der Waals surface area contributed by atoms with Crippen molar-refractivity contribution in [2.24, 2.45) is 4.99 Å². The van der Waals surface area contributed by atoms with Gasteiger partial charge in [-0.05, 0) is 33.6 Å². The van der Waals surface area contributed by atoms with E-state index in [9.17, 15) is 0 Å². The maximum atomic E-state index is 4.83. The van der Waals surface area contributed by atoms with E-state index in [-0.39, 0.29) is 11.1 Å². The average Bonchev–Trinajstić information content (AvgIpc) is 2.44. The molecule has 0 amide bonds. The summed E-state index contributed by atoms with van der Waals surface area (Å²) in [6.07, 6.45) is 6.52. The van der Waals surface area contributed by atoms with Crippen LogP contribution in [0.5, 0.6) is 0 Å². The van der Waals surface area contributed by atoms with E-state index in [0.717, 1.165) is 5.17 Å². The minimum absolute atomic E-state index is 0.00291. The van der Waals surface area contributed by atoms with Crippen molar-refractivity contribution in [2.75, 3.05) is 7.05 Å². The monoisotopic (exact) mass is 252 g/mol. The second-order valence-corrected chi connectivity index (χ2v) is 7.30. The Labute approximate surface area is 110 Å². The fraction of sp³-hybridized carbons (Fsp3) is 0.786. The van der Waals surface area contributed by atoms with Crippen molar-refractivity contribution in [2.45, 2.75) is 64.0 Å². The Kier molecular flexibility index (Phi) is 3.32. The molecule has 17 heavy (non-hydrogen) atoms. The zero-order valence-corrected chi connectivity index (χ0v) is 12.4. The van der Waals surface area contributed by atoms with Crippen LogP contribution in [-0.4, -0.2) is 28.2 Å². The lowest BCUT2D eigenvalue weighted by Gasteiger charge is -2.40. The highest BCUT2D eigenvalue weighted by molar-refractivity contribution is 8.17. The molecular formula is C14H24N2S. The van der Waals surface area contributed by atoms with E-state index in [1.807, 2.05) is 0 Å². The van der Waals surface area contributed by atoms with Crippen LogP contribution in [0.25, 0.3) is 0 Å². The molecule has 1 spiro atoms. The van der Waals surface area contributed by atoms with E-state index >= 15 is 0 Å². The van der Waals surface area contributed by atoms with Gasteiger partial charge < -0.3 is 4.90 Å². The summed E-state index contributed by atoms with van der Waals surface area (Å²) < 4.78 is 0. The van der Waals surface area contributed by atoms with Gasteiger partial charge in [-0.3, -0.25) is 4.99 Å². The van der Waals surface area contributed by atoms with Crippen LogP contribution in [0, 0.1) is 0 Å². The smallest absolute Gasteiger partial charge is 0.164 e. The maximum absolute atomic E-state index is 4.83. The lowest BCUT2D eigenvalue weighted by molar-refractivity contribution is 0.199. The zero-order chi connectivity index (χ0) is 12.7. The van der Waals surface area contributed by atoms with Gasteiger partial charge >= 0.3 is 0 Å². The Bertz CT molecular complexity index is 346. The summed E-state index contributed by atoms with van der Waals surface area (Å²) in [5, 5.41) is 1.16. The highest BCUT2D eigenvalue weighted by atomic mass is 32.2. The first-order chi connectivity index (χ1) is 7.85. The number of hydrogen-bond donors (Lipinski definition) is 0. The van der Waals surface area contributed by atoms with Crippen LogP contribution in [0.2, 0.25) is 0 Å². The first-order valence-corrected chi connectivity index (χ1v) is 7.38. The van der Waals surface area contributed by atoms with Crippen molar-refractivity contribution in [3.05, 3.63) is 11.5 Å². The SMILES string of the molecule is C=C1SC(=NC(C)(C)C)N(C)C12CCCCC2. The van der Waals surface area contributed by atoms with Gasteiger partial charge in [0.25, 0.3) is 0 Å². The summed E-state index contributed by atoms with van der Waals surface area (Å²) in [6.45, 7) is 10.8. The molecular weight excluding hydrogens is 228 g/mol. The Morgan fingerprint density at radius 2 is 1.82 bits per heavy atom. The standard InChI is InChI=1S/C14H24N2S/c1-11-14(9-7-6-8-10-14)16(5)12(17-11)15-13(2,3)4/h1,6-10H2,2-5H3. The van der Waals surface area contributed by atoms with E-state index in [1.165, 1.54) is 37.0 Å². The van der Waals surface area contributed by atoms with Crippen LogP contribution in [0.3, 0.4) is 0 Å². The van der Waals surface area contributed by atoms with Gasteiger partial charge in [-0.1, -0.05) is 37.6 Å². The predicted molar refractivity (Wildman–Crippen MR) is 77.5 cm³/mol. The van der Waals surface area contributed by atoms with Gasteiger partial charge in [0.15, 0.2) is 5.17 Å². The number of rotatable bonds is 0. The second-order valence-electron chi connectivity index (χ2n) is 6.24. The quantitative estimate of drug-likeness (QED) is 0.646. The summed E-state index contributed by atoms with van der Waals surface area (Å²) in [6, 6.07) is 0. The molecule has 2 nitrogen and oxygen atoms in total. The largest absolute Gasteiger partial charge is 0.344 e. The molecule has 0 unspecified atom stereocenters. The van der Waals surface area contributed by atoms with Crippen LogP contribution >= 0.6 is 11.8 Å². The third kappa shape index (κ3) is 2.40. The molecule has 2 rings (SSSR count). The zero-order valence-electron chi connectivity index (χ0n) is 11.5. The van der Waals surface area contributed by atoms with E-state index in [4.69, 9.17) is 4.99 Å². The number of hydrogen-bond acceptors (Lipinski definition) is 2. The first-order valence-electron chi connectivity index (χ1n) is 6.56. The van der Waals surface area contributed by atoms with Crippen LogP contribution in [0.1, 0.15) is 52.9 Å². The molecule has 0 N–H and O–H groups in total. The molecule has 1 saturated heterocycles. The molecule has 1 aliphatic carbocycles. The summed E-state index contributed by atoms with van der Waals surface area (Å²) >= 11 is 1.79. The Hall–Kier alpha value is -0.440. The number of thioether (sulfide) groups is 1. The topological polar surface area (TPSA) is 15.6 Å². The van der Waals surface area contributed by atoms with E-state index in [2.05, 4.69) is 39.3 Å². The summed E-state index contributed by atoms with van der Waals surface area (Å²) in [4.78, 5) is 8.54. The predicted octanol–water partition coefficient (Wildman–Crippen LogP) is 4.04. The number of nitrogens with zero attached hydrogens (tertiary/aromatic N) is 2. The molecule has 1 saturated carbocycles. The number of amidine groups is 1. The summed E-state index contributed by atoms with van der Waals surface area (Å²) in [7, 11) is 2.20. The van der Waals surface area contributed by atoms with E-state index in [1.54, 1.807) is 11.8 Å². The molecule has 0 aromatic heterocycles. The fourth-order valence-corrected chi connectivity index (χ4v) is 4.16. The minimum Gasteiger partial charge on any atom is -0.344 e. The van der Waals surface area contributed by atoms with Gasteiger partial charge in [0.2, 0.25) is 0 Å². The molecule has 0 aromatic rings. The Morgan fingerprint density at radius 3 is 2.35 bits per heavy atom. The highest BCUT2D eigenvalue weighted by Gasteiger charge is 2.46. The van der Waals surface area contributed by atoms with Crippen molar-refractivity contribution in [1.82, 2.24) is 4.90 Å². The first kappa shape index (κ1) is 13.0. The Balaban J connectivity index is 2.27. The molecule has 1 aliphatic heterocycles. The fourth-order valence-electron chi connectivity index (χ4n) is 2.78. The van der Waals surface area contributed by atoms with Crippen molar-refractivity contribution >= 4 is 16.9 Å². The molecule has 3 heteroatoms. The van der Waals surface area contributed by atoms with Gasteiger partial charge in [-0.25, -0.2) is 0 Å². The van der Waals surface area contributed by atoms with E-state index in [0.29, 0.717) is 0 Å². The van der Waals surface area contributed by atoms with Crippen LogP contribution in [0.15, 0.2) is 16.5 Å². The van der Waals surface area contributed by atoms with Crippen LogP contribution < -0.4 is 0 Å². The van der Waals surface area contributed by atoms with Gasteiger partial charge in [-0.2, -0.15) is 0 Å². The van der Waals surface area contributed by atoms with Crippen LogP contribution in [0.4, 0.5) is 0 Å². The molecule has 1 heterocycles. The summed E-state index contributed by atoms with van der Waals surface area (Å²) in [5.41, 5.74) is 0.198. The average molecular weight is 252 g/mol. The lowest BCUT2D eigenvalue weighted by Crippen LogP contribution is -2.45. The molecule has 0 aromatic carbocycles. The number of likely N-dealkylation sites (N-methyl/N-ethyl adjacent to an activating group) is 1. The van der Waals surface area contributed by atoms with Crippen molar-refractivity contribution in [3.8, 4) is 0 Å². The number of aliphatic imine (C=N–C) groups is 1. The molecule has 0 radical (unpaired) electrons.